The van der Waals surface area contributed by atoms with Crippen molar-refractivity contribution in [2.45, 2.75) is 20.4 Å². The van der Waals surface area contributed by atoms with E-state index in [1.165, 1.54) is 0 Å². The molecule has 2 N–H and O–H groups in total. The summed E-state index contributed by atoms with van der Waals surface area (Å²) in [5.74, 6) is 0.164. The van der Waals surface area contributed by atoms with Gasteiger partial charge in [-0.25, -0.2) is 14.8 Å². The molecule has 5 rings (SSSR count). The second-order valence-corrected chi connectivity index (χ2v) is 9.87. The number of carbonyl (C=O) groups is 3. The van der Waals surface area contributed by atoms with Crippen LogP contribution in [0.2, 0.25) is 0 Å². The fourth-order valence-electron chi connectivity index (χ4n) is 4.24. The molecule has 0 unspecified atom stereocenters. The number of amides is 2. The molecule has 3 heterocycles. The first-order valence-corrected chi connectivity index (χ1v) is 14.0. The highest BCUT2D eigenvalue weighted by Gasteiger charge is 2.21. The van der Waals surface area contributed by atoms with Gasteiger partial charge >= 0.3 is 5.97 Å². The van der Waals surface area contributed by atoms with Gasteiger partial charge in [0.2, 0.25) is 0 Å². The lowest BCUT2D eigenvalue weighted by molar-refractivity contribution is -0.118. The lowest BCUT2D eigenvalue weighted by Gasteiger charge is -2.15. The molecule has 0 saturated heterocycles. The molecule has 0 radical (unpaired) electrons. The van der Waals surface area contributed by atoms with Gasteiger partial charge in [-0.05, 0) is 78.3 Å². The highest BCUT2D eigenvalue weighted by Crippen LogP contribution is 2.39. The van der Waals surface area contributed by atoms with Gasteiger partial charge in [0, 0.05) is 24.0 Å². The van der Waals surface area contributed by atoms with E-state index >= 15 is 0 Å². The third-order valence-electron chi connectivity index (χ3n) is 6.13. The average Bonchev–Trinajstić information content (AvgIpc) is 3.43. The number of aromatic nitrogens is 4. The molecule has 42 heavy (non-hydrogen) atoms. The molecule has 2 aromatic carbocycles. The molecule has 2 aromatic heterocycles. The number of rotatable bonds is 10. The van der Waals surface area contributed by atoms with E-state index in [9.17, 15) is 14.4 Å². The van der Waals surface area contributed by atoms with E-state index in [0.717, 1.165) is 0 Å². The second kappa shape index (κ2) is 12.8. The lowest BCUT2D eigenvalue weighted by atomic mass is 10.1. The average molecular weight is 635 g/mol. The smallest absolute Gasteiger partial charge is 0.338 e. The fraction of sp³-hybridized carbons (Fsp3) is 0.241. The zero-order valence-electron chi connectivity index (χ0n) is 22.8. The standard InChI is InChI=1S/C29H27BrN6O6/c1-3-40-24-14-18(27-31-10-9-21(34-27)22-15-23-28(38)32-11-12-36(23)35-22)13-20(30)26(24)42-16-25(37)33-19-7-5-17(6-8-19)29(39)41-4-2/h5-10,13-15H,3-4,11-12,16H2,1-2H3,(H,32,38)(H,33,37). The minimum Gasteiger partial charge on any atom is -0.490 e. The van der Waals surface area contributed by atoms with Gasteiger partial charge in [0.25, 0.3) is 11.8 Å². The molecule has 1 aliphatic rings. The normalized spacial score (nSPS) is 12.2. The molecular formula is C29H27BrN6O6. The number of esters is 1. The molecule has 0 saturated carbocycles. The molecule has 2 amide bonds. The van der Waals surface area contributed by atoms with Crippen molar-refractivity contribution in [3.8, 4) is 34.3 Å². The van der Waals surface area contributed by atoms with Gasteiger partial charge in [0.05, 0.1) is 35.5 Å². The summed E-state index contributed by atoms with van der Waals surface area (Å²) in [6.45, 7) is 5.03. The summed E-state index contributed by atoms with van der Waals surface area (Å²) in [4.78, 5) is 45.7. The van der Waals surface area contributed by atoms with Crippen LogP contribution in [0.1, 0.15) is 34.7 Å². The van der Waals surface area contributed by atoms with Crippen LogP contribution in [0, 0.1) is 0 Å². The van der Waals surface area contributed by atoms with Crippen LogP contribution in [0.25, 0.3) is 22.8 Å². The Balaban J connectivity index is 1.31. The SMILES string of the molecule is CCOC(=O)c1ccc(NC(=O)COc2c(Br)cc(-c3nccc(-c4cc5n(n4)CCNC5=O)n3)cc2OCC)cc1. The molecule has 12 nitrogen and oxygen atoms in total. The quantitative estimate of drug-likeness (QED) is 0.246. The molecule has 0 atom stereocenters. The zero-order valence-corrected chi connectivity index (χ0v) is 24.4. The van der Waals surface area contributed by atoms with Crippen LogP contribution in [0.15, 0.2) is 59.2 Å². The summed E-state index contributed by atoms with van der Waals surface area (Å²) < 4.78 is 18.8. The predicted molar refractivity (Wildman–Crippen MR) is 156 cm³/mol. The van der Waals surface area contributed by atoms with Crippen molar-refractivity contribution >= 4 is 39.4 Å². The lowest BCUT2D eigenvalue weighted by Crippen LogP contribution is -2.35. The topological polar surface area (TPSA) is 147 Å². The summed E-state index contributed by atoms with van der Waals surface area (Å²) in [5, 5.41) is 10.1. The molecule has 13 heteroatoms. The second-order valence-electron chi connectivity index (χ2n) is 9.01. The van der Waals surface area contributed by atoms with Crippen molar-refractivity contribution in [3.63, 3.8) is 0 Å². The van der Waals surface area contributed by atoms with E-state index in [1.54, 1.807) is 66.3 Å². The van der Waals surface area contributed by atoms with Crippen LogP contribution in [-0.2, 0) is 16.1 Å². The number of hydrogen-bond acceptors (Lipinski definition) is 9. The number of hydrogen-bond donors (Lipinski definition) is 2. The predicted octanol–water partition coefficient (Wildman–Crippen LogP) is 4.11. The Morgan fingerprint density at radius 2 is 1.86 bits per heavy atom. The molecule has 0 aliphatic carbocycles. The molecule has 0 spiro atoms. The van der Waals surface area contributed by atoms with Crippen molar-refractivity contribution in [1.82, 2.24) is 25.1 Å². The number of halogens is 1. The van der Waals surface area contributed by atoms with Gasteiger partial charge in [-0.2, -0.15) is 5.10 Å². The first-order chi connectivity index (χ1) is 20.4. The number of carbonyl (C=O) groups excluding carboxylic acids is 3. The molecule has 0 fully saturated rings. The number of fused-ring (bicyclic) bond motifs is 1. The first-order valence-electron chi connectivity index (χ1n) is 13.2. The van der Waals surface area contributed by atoms with Crippen LogP contribution in [0.5, 0.6) is 11.5 Å². The van der Waals surface area contributed by atoms with Gasteiger partial charge in [-0.3, -0.25) is 14.3 Å². The fourth-order valence-corrected chi connectivity index (χ4v) is 4.80. The molecule has 1 aliphatic heterocycles. The highest BCUT2D eigenvalue weighted by molar-refractivity contribution is 9.10. The van der Waals surface area contributed by atoms with Gasteiger partial charge < -0.3 is 24.8 Å². The van der Waals surface area contributed by atoms with E-state index in [0.29, 0.717) is 75.4 Å². The molecular weight excluding hydrogens is 608 g/mol. The van der Waals surface area contributed by atoms with Gasteiger partial charge in [0.1, 0.15) is 11.4 Å². The Morgan fingerprint density at radius 1 is 1.05 bits per heavy atom. The highest BCUT2D eigenvalue weighted by atomic mass is 79.9. The first kappa shape index (κ1) is 28.7. The third-order valence-corrected chi connectivity index (χ3v) is 6.72. The minimum absolute atomic E-state index is 0.171. The van der Waals surface area contributed by atoms with E-state index in [-0.39, 0.29) is 19.1 Å². The van der Waals surface area contributed by atoms with E-state index in [2.05, 4.69) is 41.6 Å². The number of ether oxygens (including phenoxy) is 3. The number of anilines is 1. The van der Waals surface area contributed by atoms with Crippen LogP contribution >= 0.6 is 15.9 Å². The van der Waals surface area contributed by atoms with Crippen molar-refractivity contribution in [3.05, 3.63) is 70.5 Å². The van der Waals surface area contributed by atoms with E-state index < -0.39 is 11.9 Å². The Kier molecular flexibility index (Phi) is 8.77. The largest absolute Gasteiger partial charge is 0.490 e. The molecule has 216 valence electrons. The Morgan fingerprint density at radius 3 is 2.60 bits per heavy atom. The number of benzene rings is 2. The number of nitrogens with one attached hydrogen (secondary N) is 2. The van der Waals surface area contributed by atoms with Gasteiger partial charge in [-0.1, -0.05) is 0 Å². The van der Waals surface area contributed by atoms with Crippen LogP contribution in [0.3, 0.4) is 0 Å². The van der Waals surface area contributed by atoms with Gasteiger partial charge in [-0.15, -0.1) is 0 Å². The zero-order chi connectivity index (χ0) is 29.6. The summed E-state index contributed by atoms with van der Waals surface area (Å²) in [6, 6.07) is 13.3. The Labute approximate surface area is 249 Å². The maximum Gasteiger partial charge on any atom is 0.338 e. The molecule has 0 bridgehead atoms. The van der Waals surface area contributed by atoms with Crippen LogP contribution in [-0.4, -0.2) is 63.9 Å². The summed E-state index contributed by atoms with van der Waals surface area (Å²) in [7, 11) is 0. The van der Waals surface area contributed by atoms with E-state index in [1.807, 2.05) is 6.92 Å². The Bertz CT molecular complexity index is 1640. The van der Waals surface area contributed by atoms with Crippen molar-refractivity contribution in [2.75, 3.05) is 31.7 Å². The summed E-state index contributed by atoms with van der Waals surface area (Å²) >= 11 is 3.53. The third kappa shape index (κ3) is 6.41. The summed E-state index contributed by atoms with van der Waals surface area (Å²) in [6.07, 6.45) is 1.62. The number of nitrogens with zero attached hydrogens (tertiary/aromatic N) is 4. The van der Waals surface area contributed by atoms with Crippen molar-refractivity contribution in [1.29, 1.82) is 0 Å². The van der Waals surface area contributed by atoms with Crippen molar-refractivity contribution in [2.24, 2.45) is 0 Å². The maximum atomic E-state index is 12.6. The van der Waals surface area contributed by atoms with Crippen molar-refractivity contribution < 1.29 is 28.6 Å². The van der Waals surface area contributed by atoms with Crippen LogP contribution in [0.4, 0.5) is 5.69 Å². The Hall–Kier alpha value is -4.78. The maximum absolute atomic E-state index is 12.6. The summed E-state index contributed by atoms with van der Waals surface area (Å²) in [5.41, 5.74) is 3.16. The van der Waals surface area contributed by atoms with E-state index in [4.69, 9.17) is 14.2 Å². The monoisotopic (exact) mass is 634 g/mol. The minimum atomic E-state index is -0.429. The molecule has 4 aromatic rings. The van der Waals surface area contributed by atoms with Crippen LogP contribution < -0.4 is 20.1 Å². The van der Waals surface area contributed by atoms with Gasteiger partial charge in [0.15, 0.2) is 23.9 Å².